The summed E-state index contributed by atoms with van der Waals surface area (Å²) >= 11 is 0. The zero-order valence-corrected chi connectivity index (χ0v) is 17.6. The molecule has 0 bridgehead atoms. The first-order chi connectivity index (χ1) is 15.1. The number of pyridine rings is 2. The van der Waals surface area contributed by atoms with E-state index in [4.69, 9.17) is 9.97 Å². The number of hydrogen-bond donors (Lipinski definition) is 0. The Morgan fingerprint density at radius 2 is 0.677 bits per heavy atom. The molecule has 4 aromatic carbocycles. The van der Waals surface area contributed by atoms with E-state index in [0.717, 1.165) is 22.1 Å². The summed E-state index contributed by atoms with van der Waals surface area (Å²) in [6.45, 7) is 4.69. The van der Waals surface area contributed by atoms with Gasteiger partial charge < -0.3 is 0 Å². The van der Waals surface area contributed by atoms with E-state index >= 15 is 0 Å². The zero-order chi connectivity index (χ0) is 21.0. The third kappa shape index (κ3) is 2.65. The molecule has 0 amide bonds. The van der Waals surface area contributed by atoms with Gasteiger partial charge in [-0.1, -0.05) is 86.6 Å². The molecule has 0 atom stereocenters. The summed E-state index contributed by atoms with van der Waals surface area (Å²) in [6.07, 6.45) is 0. The van der Waals surface area contributed by atoms with E-state index in [2.05, 4.69) is 111 Å². The van der Waals surface area contributed by atoms with Crippen LogP contribution in [0, 0.1) is 0 Å². The highest BCUT2D eigenvalue weighted by molar-refractivity contribution is 6.03. The van der Waals surface area contributed by atoms with Crippen LogP contribution in [0.1, 0.15) is 25.0 Å². The van der Waals surface area contributed by atoms with Gasteiger partial charge in [0.15, 0.2) is 0 Å². The molecule has 2 aromatic heterocycles. The van der Waals surface area contributed by atoms with E-state index in [9.17, 15) is 0 Å². The first-order valence-corrected chi connectivity index (χ1v) is 10.7. The molecule has 0 aliphatic heterocycles. The Morgan fingerprint density at radius 1 is 0.419 bits per heavy atom. The molecule has 0 radical (unpaired) electrons. The van der Waals surface area contributed by atoms with E-state index in [0.29, 0.717) is 0 Å². The van der Waals surface area contributed by atoms with Gasteiger partial charge in [0.1, 0.15) is 0 Å². The van der Waals surface area contributed by atoms with Crippen LogP contribution in [0.2, 0.25) is 0 Å². The van der Waals surface area contributed by atoms with Gasteiger partial charge in [0.2, 0.25) is 0 Å². The lowest BCUT2D eigenvalue weighted by Gasteiger charge is -2.31. The first-order valence-electron chi connectivity index (χ1n) is 10.7. The number of rotatable bonds is 2. The standard InChI is InChI=1S/C29H22N2/c1-29(2,27-19-11-3-7-15-23(19)30-24-16-8-4-12-20(24)27)28-21-13-5-9-17-25(21)31-26-18-10-6-14-22(26)28/h3-18H,1-2H3. The van der Waals surface area contributed by atoms with Crippen LogP contribution in [0.5, 0.6) is 0 Å². The highest BCUT2D eigenvalue weighted by Crippen LogP contribution is 2.44. The van der Waals surface area contributed by atoms with Gasteiger partial charge in [0.25, 0.3) is 0 Å². The fourth-order valence-corrected chi connectivity index (χ4v) is 5.15. The Kier molecular flexibility index (Phi) is 3.85. The average molecular weight is 399 g/mol. The Hall–Kier alpha value is -3.78. The molecule has 0 saturated carbocycles. The highest BCUT2D eigenvalue weighted by atomic mass is 14.7. The molecule has 0 N–H and O–H groups in total. The quantitative estimate of drug-likeness (QED) is 0.284. The summed E-state index contributed by atoms with van der Waals surface area (Å²) in [7, 11) is 0. The van der Waals surface area contributed by atoms with E-state index < -0.39 is 0 Å². The number of fused-ring (bicyclic) bond motifs is 4. The van der Waals surface area contributed by atoms with Gasteiger partial charge in [0.05, 0.1) is 22.1 Å². The molecule has 2 heterocycles. The molecule has 0 fully saturated rings. The van der Waals surface area contributed by atoms with Crippen molar-refractivity contribution in [2.75, 3.05) is 0 Å². The smallest absolute Gasteiger partial charge is 0.0712 e. The molecule has 6 rings (SSSR count). The van der Waals surface area contributed by atoms with Crippen LogP contribution in [0.4, 0.5) is 0 Å². The summed E-state index contributed by atoms with van der Waals surface area (Å²) in [5.74, 6) is 0. The largest absolute Gasteiger partial charge is 0.248 e. The molecule has 6 aromatic rings. The van der Waals surface area contributed by atoms with Gasteiger partial charge in [-0.2, -0.15) is 0 Å². The summed E-state index contributed by atoms with van der Waals surface area (Å²) < 4.78 is 0. The molecular weight excluding hydrogens is 376 g/mol. The van der Waals surface area contributed by atoms with Crippen molar-refractivity contribution in [2.45, 2.75) is 19.3 Å². The van der Waals surface area contributed by atoms with E-state index in [1.807, 2.05) is 0 Å². The summed E-state index contributed by atoms with van der Waals surface area (Å²) in [5.41, 5.74) is 6.49. The average Bonchev–Trinajstić information content (AvgIpc) is 2.80. The minimum absolute atomic E-state index is 0.274. The Morgan fingerprint density at radius 3 is 0.968 bits per heavy atom. The normalized spacial score (nSPS) is 12.2. The minimum Gasteiger partial charge on any atom is -0.248 e. The van der Waals surface area contributed by atoms with Crippen LogP contribution in [0.15, 0.2) is 97.1 Å². The second kappa shape index (κ2) is 6.61. The van der Waals surface area contributed by atoms with E-state index in [-0.39, 0.29) is 5.41 Å². The molecule has 2 heteroatoms. The van der Waals surface area contributed by atoms with Gasteiger partial charge in [-0.3, -0.25) is 0 Å². The van der Waals surface area contributed by atoms with Gasteiger partial charge in [0, 0.05) is 27.0 Å². The SMILES string of the molecule is CC(C)(c1c2ccccc2nc2ccccc12)c1c2ccccc2nc2ccccc12. The van der Waals surface area contributed by atoms with Crippen molar-refractivity contribution in [3.63, 3.8) is 0 Å². The second-order valence-corrected chi connectivity index (χ2v) is 8.67. The molecule has 0 aliphatic rings. The maximum absolute atomic E-state index is 4.96. The maximum Gasteiger partial charge on any atom is 0.0712 e. The van der Waals surface area contributed by atoms with E-state index in [1.165, 1.54) is 32.7 Å². The Bertz CT molecular complexity index is 1380. The zero-order valence-electron chi connectivity index (χ0n) is 17.6. The highest BCUT2D eigenvalue weighted by Gasteiger charge is 2.31. The van der Waals surface area contributed by atoms with Gasteiger partial charge >= 0.3 is 0 Å². The van der Waals surface area contributed by atoms with E-state index in [1.54, 1.807) is 0 Å². The van der Waals surface area contributed by atoms with Gasteiger partial charge in [-0.05, 0) is 35.4 Å². The fourth-order valence-electron chi connectivity index (χ4n) is 5.15. The molecule has 0 spiro atoms. The minimum atomic E-state index is -0.274. The van der Waals surface area contributed by atoms with Crippen LogP contribution < -0.4 is 0 Å². The number of benzene rings is 4. The molecule has 0 saturated heterocycles. The fraction of sp³-hybridized carbons (Fsp3) is 0.103. The van der Waals surface area contributed by atoms with Crippen LogP contribution in [-0.4, -0.2) is 9.97 Å². The van der Waals surface area contributed by atoms with Crippen molar-refractivity contribution in [1.29, 1.82) is 0 Å². The lowest BCUT2D eigenvalue weighted by molar-refractivity contribution is 0.664. The van der Waals surface area contributed by atoms with Crippen molar-refractivity contribution in [2.24, 2.45) is 0 Å². The van der Waals surface area contributed by atoms with Crippen LogP contribution in [0.25, 0.3) is 43.6 Å². The molecule has 2 nitrogen and oxygen atoms in total. The number of nitrogens with zero attached hydrogens (tertiary/aromatic N) is 2. The van der Waals surface area contributed by atoms with Crippen LogP contribution in [0.3, 0.4) is 0 Å². The Balaban J connectivity index is 1.83. The molecule has 0 unspecified atom stereocenters. The number of hydrogen-bond acceptors (Lipinski definition) is 2. The van der Waals surface area contributed by atoms with Gasteiger partial charge in [-0.25, -0.2) is 9.97 Å². The van der Waals surface area contributed by atoms with Crippen molar-refractivity contribution < 1.29 is 0 Å². The van der Waals surface area contributed by atoms with Crippen molar-refractivity contribution >= 4 is 43.6 Å². The van der Waals surface area contributed by atoms with Crippen molar-refractivity contribution in [3.8, 4) is 0 Å². The summed E-state index contributed by atoms with van der Waals surface area (Å²) in [6, 6.07) is 34.0. The third-order valence-electron chi connectivity index (χ3n) is 6.43. The number of aromatic nitrogens is 2. The topological polar surface area (TPSA) is 25.8 Å². The van der Waals surface area contributed by atoms with Gasteiger partial charge in [-0.15, -0.1) is 0 Å². The van der Waals surface area contributed by atoms with Crippen LogP contribution in [-0.2, 0) is 5.41 Å². The summed E-state index contributed by atoms with van der Waals surface area (Å²) in [4.78, 5) is 9.92. The molecule has 0 aliphatic carbocycles. The monoisotopic (exact) mass is 398 g/mol. The Labute approximate surface area is 181 Å². The first kappa shape index (κ1) is 18.0. The second-order valence-electron chi connectivity index (χ2n) is 8.67. The predicted molar refractivity (Wildman–Crippen MR) is 131 cm³/mol. The molecule has 148 valence electrons. The lowest BCUT2D eigenvalue weighted by Crippen LogP contribution is -2.21. The maximum atomic E-state index is 4.96. The molecular formula is C29H22N2. The number of para-hydroxylation sites is 4. The third-order valence-corrected chi connectivity index (χ3v) is 6.43. The van der Waals surface area contributed by atoms with Crippen molar-refractivity contribution in [1.82, 2.24) is 9.97 Å². The van der Waals surface area contributed by atoms with Crippen molar-refractivity contribution in [3.05, 3.63) is 108 Å². The van der Waals surface area contributed by atoms with Crippen LogP contribution >= 0.6 is 0 Å². The predicted octanol–water partition coefficient (Wildman–Crippen LogP) is 7.42. The summed E-state index contributed by atoms with van der Waals surface area (Å²) in [5, 5.41) is 4.82. The molecule has 31 heavy (non-hydrogen) atoms. The lowest BCUT2D eigenvalue weighted by atomic mass is 9.72.